The van der Waals surface area contributed by atoms with Crippen LogP contribution in [0.15, 0.2) is 60.8 Å². The van der Waals surface area contributed by atoms with Crippen molar-refractivity contribution in [3.8, 4) is 5.75 Å². The molecule has 2 aromatic carbocycles. The molecule has 0 radical (unpaired) electrons. The van der Waals surface area contributed by atoms with Crippen molar-refractivity contribution in [2.45, 2.75) is 57.8 Å². The van der Waals surface area contributed by atoms with Crippen molar-refractivity contribution in [1.82, 2.24) is 4.57 Å². The van der Waals surface area contributed by atoms with Crippen LogP contribution < -0.4 is 4.74 Å². The Bertz CT molecular complexity index is 925. The Morgan fingerprint density at radius 1 is 1.04 bits per heavy atom. The molecular formula is C24H27NO3. The Balaban J connectivity index is 1.49. The first kappa shape index (κ1) is 18.6. The lowest BCUT2D eigenvalue weighted by molar-refractivity contribution is -0.153. The zero-order valence-electron chi connectivity index (χ0n) is 16.3. The Morgan fingerprint density at radius 3 is 2.61 bits per heavy atom. The highest BCUT2D eigenvalue weighted by molar-refractivity contribution is 5.88. The Hall–Kier alpha value is -2.75. The number of esters is 1. The minimum absolute atomic E-state index is 0.0790. The first-order chi connectivity index (χ1) is 13.7. The second kappa shape index (κ2) is 8.51. The van der Waals surface area contributed by atoms with Crippen molar-refractivity contribution in [2.75, 3.05) is 0 Å². The molecule has 0 saturated heterocycles. The molecule has 0 amide bonds. The van der Waals surface area contributed by atoms with E-state index >= 15 is 0 Å². The van der Waals surface area contributed by atoms with Gasteiger partial charge in [-0.25, -0.2) is 4.79 Å². The van der Waals surface area contributed by atoms with Gasteiger partial charge in [0.15, 0.2) is 0 Å². The number of hydrogen-bond donors (Lipinski definition) is 0. The van der Waals surface area contributed by atoms with Gasteiger partial charge in [-0.15, -0.1) is 0 Å². The topological polar surface area (TPSA) is 40.5 Å². The maximum atomic E-state index is 12.7. The minimum atomic E-state index is -0.358. The van der Waals surface area contributed by atoms with Crippen LogP contribution in [0.4, 0.5) is 0 Å². The largest absolute Gasteiger partial charge is 0.488 e. The first-order valence-corrected chi connectivity index (χ1v) is 10.2. The number of nitrogens with zero attached hydrogens (tertiary/aromatic N) is 1. The second-order valence-corrected chi connectivity index (χ2v) is 7.56. The molecule has 1 aromatic heterocycles. The summed E-state index contributed by atoms with van der Waals surface area (Å²) in [5.41, 5.74) is 2.11. The van der Waals surface area contributed by atoms with Gasteiger partial charge in [-0.2, -0.15) is 0 Å². The third-order valence-electron chi connectivity index (χ3n) is 5.55. The average Bonchev–Trinajstić information content (AvgIpc) is 3.18. The number of benzene rings is 2. The SMILES string of the molecule is CC(C(=O)OC1CCCCC1)n1ccc2c(OCc3ccccc3)cccc21. The van der Waals surface area contributed by atoms with Gasteiger partial charge >= 0.3 is 5.97 Å². The predicted octanol–water partition coefficient (Wildman–Crippen LogP) is 5.66. The highest BCUT2D eigenvalue weighted by Gasteiger charge is 2.23. The Labute approximate surface area is 166 Å². The van der Waals surface area contributed by atoms with E-state index in [4.69, 9.17) is 9.47 Å². The molecule has 0 aliphatic heterocycles. The van der Waals surface area contributed by atoms with Crippen LogP contribution in [0.5, 0.6) is 5.75 Å². The zero-order chi connectivity index (χ0) is 19.3. The highest BCUT2D eigenvalue weighted by Crippen LogP contribution is 2.30. The predicted molar refractivity (Wildman–Crippen MR) is 110 cm³/mol. The quantitative estimate of drug-likeness (QED) is 0.521. The number of carbonyl (C=O) groups excluding carboxylic acids is 1. The van der Waals surface area contributed by atoms with Gasteiger partial charge in [-0.3, -0.25) is 0 Å². The van der Waals surface area contributed by atoms with Gasteiger partial charge in [-0.05, 0) is 56.4 Å². The minimum Gasteiger partial charge on any atom is -0.488 e. The van der Waals surface area contributed by atoms with Crippen molar-refractivity contribution in [3.05, 3.63) is 66.4 Å². The van der Waals surface area contributed by atoms with E-state index in [1.165, 1.54) is 6.42 Å². The maximum Gasteiger partial charge on any atom is 0.329 e. The van der Waals surface area contributed by atoms with Crippen LogP contribution in [0.25, 0.3) is 10.9 Å². The number of hydrogen-bond acceptors (Lipinski definition) is 3. The smallest absolute Gasteiger partial charge is 0.329 e. The van der Waals surface area contributed by atoms with Crippen molar-refractivity contribution in [2.24, 2.45) is 0 Å². The van der Waals surface area contributed by atoms with E-state index in [2.05, 4.69) is 12.1 Å². The molecule has 0 N–H and O–H groups in total. The van der Waals surface area contributed by atoms with E-state index in [0.29, 0.717) is 6.61 Å². The molecule has 1 heterocycles. The van der Waals surface area contributed by atoms with E-state index in [1.54, 1.807) is 0 Å². The van der Waals surface area contributed by atoms with Crippen LogP contribution in [-0.2, 0) is 16.1 Å². The Kier molecular flexibility index (Phi) is 5.65. The summed E-state index contributed by atoms with van der Waals surface area (Å²) in [5, 5.41) is 1.01. The fourth-order valence-corrected chi connectivity index (χ4v) is 3.92. The molecule has 4 nitrogen and oxygen atoms in total. The van der Waals surface area contributed by atoms with E-state index in [9.17, 15) is 4.79 Å². The van der Waals surface area contributed by atoms with Crippen molar-refractivity contribution < 1.29 is 14.3 Å². The summed E-state index contributed by atoms with van der Waals surface area (Å²) < 4.78 is 13.8. The van der Waals surface area contributed by atoms with E-state index in [-0.39, 0.29) is 18.1 Å². The fourth-order valence-electron chi connectivity index (χ4n) is 3.92. The van der Waals surface area contributed by atoms with Crippen LogP contribution in [0.2, 0.25) is 0 Å². The molecule has 1 aliphatic rings. The number of carbonyl (C=O) groups is 1. The molecule has 28 heavy (non-hydrogen) atoms. The van der Waals surface area contributed by atoms with Crippen molar-refractivity contribution in [1.29, 1.82) is 0 Å². The van der Waals surface area contributed by atoms with E-state index in [1.807, 2.05) is 60.2 Å². The van der Waals surface area contributed by atoms with Crippen molar-refractivity contribution >= 4 is 16.9 Å². The summed E-state index contributed by atoms with van der Waals surface area (Å²) in [6, 6.07) is 17.7. The van der Waals surface area contributed by atoms with Gasteiger partial charge in [0.2, 0.25) is 0 Å². The summed E-state index contributed by atoms with van der Waals surface area (Å²) in [6.07, 6.45) is 7.56. The molecular weight excluding hydrogens is 350 g/mol. The first-order valence-electron chi connectivity index (χ1n) is 10.2. The summed E-state index contributed by atoms with van der Waals surface area (Å²) in [5.74, 6) is 0.674. The monoisotopic (exact) mass is 377 g/mol. The molecule has 1 fully saturated rings. The lowest BCUT2D eigenvalue weighted by Crippen LogP contribution is -2.26. The summed E-state index contributed by atoms with van der Waals surface area (Å²) in [4.78, 5) is 12.7. The van der Waals surface area contributed by atoms with Gasteiger partial charge in [0.05, 0.1) is 5.52 Å². The number of fused-ring (bicyclic) bond motifs is 1. The van der Waals surface area contributed by atoms with Gasteiger partial charge in [0.1, 0.15) is 24.5 Å². The lowest BCUT2D eigenvalue weighted by Gasteiger charge is -2.24. The molecule has 1 unspecified atom stereocenters. The molecule has 4 heteroatoms. The van der Waals surface area contributed by atoms with Gasteiger partial charge in [0.25, 0.3) is 0 Å². The highest BCUT2D eigenvalue weighted by atomic mass is 16.5. The van der Waals surface area contributed by atoms with Crippen LogP contribution in [-0.4, -0.2) is 16.6 Å². The summed E-state index contributed by atoms with van der Waals surface area (Å²) in [6.45, 7) is 2.42. The lowest BCUT2D eigenvalue weighted by atomic mass is 9.98. The third-order valence-corrected chi connectivity index (χ3v) is 5.55. The normalized spacial score (nSPS) is 16.0. The van der Waals surface area contributed by atoms with Crippen LogP contribution >= 0.6 is 0 Å². The van der Waals surface area contributed by atoms with Crippen LogP contribution in [0, 0.1) is 0 Å². The van der Waals surface area contributed by atoms with Gasteiger partial charge in [-0.1, -0.05) is 42.8 Å². The summed E-state index contributed by atoms with van der Waals surface area (Å²) in [7, 11) is 0. The standard InChI is InChI=1S/C24H27NO3/c1-18(24(26)28-20-11-6-3-7-12-20)25-16-15-21-22(25)13-8-14-23(21)27-17-19-9-4-2-5-10-19/h2,4-5,8-10,13-16,18,20H,3,6-7,11-12,17H2,1H3. The maximum absolute atomic E-state index is 12.7. The number of ether oxygens (including phenoxy) is 2. The van der Waals surface area contributed by atoms with Crippen molar-refractivity contribution in [3.63, 3.8) is 0 Å². The average molecular weight is 377 g/mol. The zero-order valence-corrected chi connectivity index (χ0v) is 16.3. The molecule has 3 aromatic rings. The van der Waals surface area contributed by atoms with Crippen LogP contribution in [0.3, 0.4) is 0 Å². The molecule has 1 aliphatic carbocycles. The van der Waals surface area contributed by atoms with Gasteiger partial charge < -0.3 is 14.0 Å². The molecule has 4 rings (SSSR count). The molecule has 146 valence electrons. The van der Waals surface area contributed by atoms with E-state index in [0.717, 1.165) is 47.9 Å². The van der Waals surface area contributed by atoms with E-state index < -0.39 is 0 Å². The number of rotatable bonds is 6. The molecule has 1 saturated carbocycles. The van der Waals surface area contributed by atoms with Gasteiger partial charge in [0, 0.05) is 11.6 Å². The molecule has 0 spiro atoms. The Morgan fingerprint density at radius 2 is 1.82 bits per heavy atom. The van der Waals surface area contributed by atoms with Crippen LogP contribution in [0.1, 0.15) is 50.6 Å². The second-order valence-electron chi connectivity index (χ2n) is 7.56. The fraction of sp³-hybridized carbons (Fsp3) is 0.375. The number of aromatic nitrogens is 1. The third kappa shape index (κ3) is 4.06. The molecule has 1 atom stereocenters. The molecule has 0 bridgehead atoms. The summed E-state index contributed by atoms with van der Waals surface area (Å²) >= 11 is 0.